The van der Waals surface area contributed by atoms with Gasteiger partial charge in [0.2, 0.25) is 0 Å². The fourth-order valence-corrected chi connectivity index (χ4v) is 2.53. The molecule has 126 valence electrons. The van der Waals surface area contributed by atoms with Crippen LogP contribution in [0, 0.1) is 17.0 Å². The summed E-state index contributed by atoms with van der Waals surface area (Å²) in [6, 6.07) is 12.1. The molecule has 6 nitrogen and oxygen atoms in total. The third kappa shape index (κ3) is 5.04. The average Bonchev–Trinajstić information content (AvgIpc) is 2.51. The van der Waals surface area contributed by atoms with Crippen LogP contribution >= 0.6 is 11.6 Å². The summed E-state index contributed by atoms with van der Waals surface area (Å²) in [7, 11) is 1.93. The minimum absolute atomic E-state index is 0.111. The summed E-state index contributed by atoms with van der Waals surface area (Å²) in [5, 5.41) is 13.5. The lowest BCUT2D eigenvalue weighted by Crippen LogP contribution is -3.08. The van der Waals surface area contributed by atoms with Crippen molar-refractivity contribution in [1.29, 1.82) is 0 Å². The quantitative estimate of drug-likeness (QED) is 0.620. The standard InChI is InChI=1S/C17H18ClN3O3/c1-12-3-5-13(6-4-12)10-20(2)11-17(22)19-16-8-7-14(21(23)24)9-15(16)18/h3-9H,10-11H2,1-2H3,(H,19,22)/p+1. The number of nitrogens with zero attached hydrogens (tertiary/aromatic N) is 1. The van der Waals surface area contributed by atoms with Gasteiger partial charge >= 0.3 is 0 Å². The Morgan fingerprint density at radius 1 is 1.25 bits per heavy atom. The van der Waals surface area contributed by atoms with Gasteiger partial charge in [0.25, 0.3) is 11.6 Å². The second-order valence-electron chi connectivity index (χ2n) is 5.77. The summed E-state index contributed by atoms with van der Waals surface area (Å²) >= 11 is 5.97. The molecule has 0 aromatic heterocycles. The molecule has 0 saturated carbocycles. The Balaban J connectivity index is 1.92. The summed E-state index contributed by atoms with van der Waals surface area (Å²) in [6.45, 7) is 3.02. The van der Waals surface area contributed by atoms with Gasteiger partial charge in [-0.05, 0) is 13.0 Å². The molecule has 0 fully saturated rings. The summed E-state index contributed by atoms with van der Waals surface area (Å²) < 4.78 is 0. The first-order valence-electron chi connectivity index (χ1n) is 7.46. The molecule has 0 aliphatic carbocycles. The first kappa shape index (κ1) is 17.9. The van der Waals surface area contributed by atoms with Gasteiger partial charge in [-0.25, -0.2) is 0 Å². The average molecular weight is 349 g/mol. The number of nitrogens with one attached hydrogen (secondary N) is 2. The molecule has 0 radical (unpaired) electrons. The van der Waals surface area contributed by atoms with Crippen LogP contribution in [-0.2, 0) is 11.3 Å². The van der Waals surface area contributed by atoms with E-state index in [0.717, 1.165) is 17.0 Å². The molecular formula is C17H19ClN3O3+. The maximum atomic E-state index is 12.1. The highest BCUT2D eigenvalue weighted by Gasteiger charge is 2.14. The monoisotopic (exact) mass is 348 g/mol. The zero-order valence-electron chi connectivity index (χ0n) is 13.5. The van der Waals surface area contributed by atoms with Crippen LogP contribution in [0.4, 0.5) is 11.4 Å². The van der Waals surface area contributed by atoms with Gasteiger partial charge in [-0.3, -0.25) is 14.9 Å². The Kier molecular flexibility index (Phi) is 5.89. The number of carbonyl (C=O) groups is 1. The highest BCUT2D eigenvalue weighted by Crippen LogP contribution is 2.26. The largest absolute Gasteiger partial charge is 0.326 e. The van der Waals surface area contributed by atoms with E-state index >= 15 is 0 Å². The Morgan fingerprint density at radius 2 is 1.92 bits per heavy atom. The molecule has 2 rings (SSSR count). The topological polar surface area (TPSA) is 76.7 Å². The van der Waals surface area contributed by atoms with Crippen LogP contribution in [0.1, 0.15) is 11.1 Å². The van der Waals surface area contributed by atoms with Gasteiger partial charge in [-0.1, -0.05) is 41.4 Å². The van der Waals surface area contributed by atoms with Crippen molar-refractivity contribution in [2.45, 2.75) is 13.5 Å². The van der Waals surface area contributed by atoms with Crippen molar-refractivity contribution in [2.75, 3.05) is 18.9 Å². The molecule has 0 aliphatic heterocycles. The summed E-state index contributed by atoms with van der Waals surface area (Å²) in [6.07, 6.45) is 0. The van der Waals surface area contributed by atoms with Crippen LogP contribution in [0.3, 0.4) is 0 Å². The number of hydrogen-bond acceptors (Lipinski definition) is 3. The number of amides is 1. The first-order chi connectivity index (χ1) is 11.3. The van der Waals surface area contributed by atoms with E-state index in [-0.39, 0.29) is 23.2 Å². The van der Waals surface area contributed by atoms with Gasteiger partial charge in [0, 0.05) is 17.7 Å². The number of hydrogen-bond donors (Lipinski definition) is 2. The lowest BCUT2D eigenvalue weighted by Gasteiger charge is -2.14. The number of nitro benzene ring substituents is 1. The molecule has 1 unspecified atom stereocenters. The Morgan fingerprint density at radius 3 is 2.50 bits per heavy atom. The number of anilines is 1. The number of likely N-dealkylation sites (N-methyl/N-ethyl adjacent to an activating group) is 1. The number of rotatable bonds is 6. The molecule has 2 aromatic carbocycles. The maximum Gasteiger partial charge on any atom is 0.279 e. The SMILES string of the molecule is Cc1ccc(C[NH+](C)CC(=O)Nc2ccc([N+](=O)[O-])cc2Cl)cc1. The van der Waals surface area contributed by atoms with Crippen molar-refractivity contribution < 1.29 is 14.6 Å². The number of halogens is 1. The molecule has 0 saturated heterocycles. The van der Waals surface area contributed by atoms with Gasteiger partial charge in [-0.2, -0.15) is 0 Å². The van der Waals surface area contributed by atoms with Crippen LogP contribution in [0.15, 0.2) is 42.5 Å². The van der Waals surface area contributed by atoms with Crippen molar-refractivity contribution in [3.05, 3.63) is 68.7 Å². The van der Waals surface area contributed by atoms with Crippen molar-refractivity contribution in [2.24, 2.45) is 0 Å². The zero-order chi connectivity index (χ0) is 17.7. The molecule has 0 spiro atoms. The van der Waals surface area contributed by atoms with Crippen LogP contribution in [0.2, 0.25) is 5.02 Å². The molecule has 1 atom stereocenters. The number of benzene rings is 2. The van der Waals surface area contributed by atoms with Crippen LogP contribution in [0.25, 0.3) is 0 Å². The normalized spacial score (nSPS) is 11.8. The number of nitro groups is 1. The van der Waals surface area contributed by atoms with Crippen LogP contribution in [-0.4, -0.2) is 24.4 Å². The lowest BCUT2D eigenvalue weighted by atomic mass is 10.1. The van der Waals surface area contributed by atoms with Crippen LogP contribution in [0.5, 0.6) is 0 Å². The molecular weight excluding hydrogens is 330 g/mol. The Labute approximate surface area is 145 Å². The highest BCUT2D eigenvalue weighted by molar-refractivity contribution is 6.33. The van der Waals surface area contributed by atoms with E-state index in [4.69, 9.17) is 11.6 Å². The minimum Gasteiger partial charge on any atom is -0.326 e. The number of quaternary nitrogens is 1. The first-order valence-corrected chi connectivity index (χ1v) is 7.83. The van der Waals surface area contributed by atoms with Crippen molar-refractivity contribution in [3.8, 4) is 0 Å². The smallest absolute Gasteiger partial charge is 0.279 e. The molecule has 1 amide bonds. The van der Waals surface area contributed by atoms with E-state index in [1.807, 2.05) is 38.2 Å². The second-order valence-corrected chi connectivity index (χ2v) is 6.17. The summed E-state index contributed by atoms with van der Waals surface area (Å²) in [5.74, 6) is -0.199. The third-order valence-electron chi connectivity index (χ3n) is 3.53. The summed E-state index contributed by atoms with van der Waals surface area (Å²) in [5.41, 5.74) is 2.61. The summed E-state index contributed by atoms with van der Waals surface area (Å²) in [4.78, 5) is 23.3. The van der Waals surface area contributed by atoms with E-state index in [2.05, 4.69) is 5.32 Å². The van der Waals surface area contributed by atoms with Gasteiger partial charge in [0.1, 0.15) is 6.54 Å². The third-order valence-corrected chi connectivity index (χ3v) is 3.84. The molecule has 0 aliphatic rings. The maximum absolute atomic E-state index is 12.1. The van der Waals surface area contributed by atoms with Crippen molar-refractivity contribution in [1.82, 2.24) is 0 Å². The molecule has 0 heterocycles. The molecule has 0 bridgehead atoms. The molecule has 2 N–H and O–H groups in total. The van der Waals surface area contributed by atoms with Crippen LogP contribution < -0.4 is 10.2 Å². The van der Waals surface area contributed by atoms with E-state index in [9.17, 15) is 14.9 Å². The lowest BCUT2D eigenvalue weighted by molar-refractivity contribution is -0.885. The van der Waals surface area contributed by atoms with Gasteiger partial charge in [0.15, 0.2) is 6.54 Å². The predicted molar refractivity (Wildman–Crippen MR) is 93.4 cm³/mol. The fourth-order valence-electron chi connectivity index (χ4n) is 2.30. The number of aryl methyl sites for hydroxylation is 1. The molecule has 7 heteroatoms. The van der Waals surface area contributed by atoms with Crippen molar-refractivity contribution in [3.63, 3.8) is 0 Å². The van der Waals surface area contributed by atoms with Crippen molar-refractivity contribution >= 4 is 28.9 Å². The minimum atomic E-state index is -0.531. The van der Waals surface area contributed by atoms with E-state index in [1.165, 1.54) is 23.8 Å². The van der Waals surface area contributed by atoms with E-state index in [0.29, 0.717) is 5.69 Å². The molecule has 2 aromatic rings. The Hall–Kier alpha value is -2.44. The number of carbonyl (C=O) groups excluding carboxylic acids is 1. The second kappa shape index (κ2) is 7.90. The Bertz CT molecular complexity index is 747. The highest BCUT2D eigenvalue weighted by atomic mass is 35.5. The van der Waals surface area contributed by atoms with Gasteiger partial charge in [0.05, 0.1) is 22.7 Å². The molecule has 24 heavy (non-hydrogen) atoms. The van der Waals surface area contributed by atoms with Gasteiger partial charge < -0.3 is 10.2 Å². The number of non-ortho nitro benzene ring substituents is 1. The fraction of sp³-hybridized carbons (Fsp3) is 0.235. The van der Waals surface area contributed by atoms with E-state index in [1.54, 1.807) is 0 Å². The van der Waals surface area contributed by atoms with Gasteiger partial charge in [-0.15, -0.1) is 0 Å². The predicted octanol–water partition coefficient (Wildman–Crippen LogP) is 2.21. The zero-order valence-corrected chi connectivity index (χ0v) is 14.3. The van der Waals surface area contributed by atoms with E-state index < -0.39 is 4.92 Å².